The number of rotatable bonds is 11. The molecular formula is C34H41N5O2S. The number of aryl methyl sites for hydroxylation is 3. The van der Waals surface area contributed by atoms with E-state index in [4.69, 9.17) is 0 Å². The molecule has 42 heavy (non-hydrogen) atoms. The van der Waals surface area contributed by atoms with Gasteiger partial charge in [-0.1, -0.05) is 32.4 Å². The molecule has 0 radical (unpaired) electrons. The standard InChI is InChI=1S/C34H41N5O2S/c1-5-7-18-39(17-6-2)26-15-16-32(35-21-26)36-29-19-25(22-38(4)34(29)41)27-12-10-13-28(23(27)3)37-33(40)31-20-24-11-8-9-14-30(24)42-31/h10,12-13,15-16,19-22H,5-9,11,14,17-18H2,1-4H3,(H,35,36)(H,37,40). The van der Waals surface area contributed by atoms with Crippen LogP contribution in [0.2, 0.25) is 0 Å². The van der Waals surface area contributed by atoms with E-state index < -0.39 is 0 Å². The summed E-state index contributed by atoms with van der Waals surface area (Å²) in [5.74, 6) is 0.551. The summed E-state index contributed by atoms with van der Waals surface area (Å²) in [5.41, 5.74) is 6.28. The van der Waals surface area contributed by atoms with E-state index in [9.17, 15) is 9.59 Å². The summed E-state index contributed by atoms with van der Waals surface area (Å²) >= 11 is 1.62. The van der Waals surface area contributed by atoms with Gasteiger partial charge < -0.3 is 20.1 Å². The molecule has 0 atom stereocenters. The number of nitrogens with one attached hydrogen (secondary N) is 2. The summed E-state index contributed by atoms with van der Waals surface area (Å²) in [6.45, 7) is 8.39. The fourth-order valence-electron chi connectivity index (χ4n) is 5.59. The SMILES string of the molecule is CCCCN(CCC)c1ccc(Nc2cc(-c3cccc(NC(=O)c4cc5c(s4)CCCC5)c3C)cn(C)c2=O)nc1. The monoisotopic (exact) mass is 583 g/mol. The zero-order valence-electron chi connectivity index (χ0n) is 25.1. The summed E-state index contributed by atoms with van der Waals surface area (Å²) in [7, 11) is 1.75. The molecule has 220 valence electrons. The number of pyridine rings is 2. The molecule has 5 rings (SSSR count). The Morgan fingerprint density at radius 3 is 2.62 bits per heavy atom. The van der Waals surface area contributed by atoms with Crippen molar-refractivity contribution in [2.24, 2.45) is 7.05 Å². The molecule has 0 aliphatic heterocycles. The first kappa shape index (κ1) is 29.6. The Bertz CT molecular complexity index is 1580. The fraction of sp³-hybridized carbons (Fsp3) is 0.382. The highest BCUT2D eigenvalue weighted by atomic mass is 32.1. The number of amides is 1. The second-order valence-electron chi connectivity index (χ2n) is 11.1. The van der Waals surface area contributed by atoms with E-state index in [0.29, 0.717) is 11.5 Å². The van der Waals surface area contributed by atoms with Gasteiger partial charge in [0.25, 0.3) is 11.5 Å². The van der Waals surface area contributed by atoms with Crippen molar-refractivity contribution in [2.75, 3.05) is 28.6 Å². The van der Waals surface area contributed by atoms with Gasteiger partial charge in [0.15, 0.2) is 0 Å². The maximum atomic E-state index is 13.2. The van der Waals surface area contributed by atoms with Crippen LogP contribution in [0.4, 0.5) is 22.9 Å². The van der Waals surface area contributed by atoms with Gasteiger partial charge in [-0.05, 0) is 92.5 Å². The Hall–Kier alpha value is -3.91. The zero-order valence-corrected chi connectivity index (χ0v) is 25.9. The van der Waals surface area contributed by atoms with Gasteiger partial charge in [0, 0.05) is 42.5 Å². The molecular weight excluding hydrogens is 542 g/mol. The van der Waals surface area contributed by atoms with Crippen molar-refractivity contribution in [3.63, 3.8) is 0 Å². The Morgan fingerprint density at radius 2 is 1.88 bits per heavy atom. The normalized spacial score (nSPS) is 12.6. The molecule has 0 unspecified atom stereocenters. The molecule has 0 fully saturated rings. The number of thiophene rings is 1. The van der Waals surface area contributed by atoms with Crippen LogP contribution >= 0.6 is 11.3 Å². The largest absolute Gasteiger partial charge is 0.370 e. The van der Waals surface area contributed by atoms with Crippen molar-refractivity contribution in [3.05, 3.63) is 86.1 Å². The Kier molecular flexibility index (Phi) is 9.42. The molecule has 1 aromatic carbocycles. The molecule has 0 bridgehead atoms. The fourth-order valence-corrected chi connectivity index (χ4v) is 6.74. The highest BCUT2D eigenvalue weighted by Crippen LogP contribution is 2.33. The van der Waals surface area contributed by atoms with Crippen LogP contribution in [0.25, 0.3) is 11.1 Å². The van der Waals surface area contributed by atoms with Crippen LogP contribution in [0, 0.1) is 6.92 Å². The molecule has 3 heterocycles. The number of carbonyl (C=O) groups excluding carboxylic acids is 1. The maximum Gasteiger partial charge on any atom is 0.274 e. The van der Waals surface area contributed by atoms with Crippen LogP contribution in [-0.4, -0.2) is 28.5 Å². The molecule has 1 aliphatic carbocycles. The lowest BCUT2D eigenvalue weighted by atomic mass is 9.99. The zero-order chi connectivity index (χ0) is 29.6. The van der Waals surface area contributed by atoms with Crippen LogP contribution in [0.1, 0.15) is 71.6 Å². The molecule has 2 N–H and O–H groups in total. The van der Waals surface area contributed by atoms with Crippen molar-refractivity contribution in [1.82, 2.24) is 9.55 Å². The predicted octanol–water partition coefficient (Wildman–Crippen LogP) is 7.71. The topological polar surface area (TPSA) is 79.3 Å². The molecule has 0 spiro atoms. The quantitative estimate of drug-likeness (QED) is 0.189. The second-order valence-corrected chi connectivity index (χ2v) is 12.3. The number of unbranched alkanes of at least 4 members (excludes halogenated alkanes) is 1. The Morgan fingerprint density at radius 1 is 1.05 bits per heavy atom. The first-order valence-electron chi connectivity index (χ1n) is 15.1. The first-order valence-corrected chi connectivity index (χ1v) is 15.9. The van der Waals surface area contributed by atoms with E-state index in [-0.39, 0.29) is 11.5 Å². The number of anilines is 4. The van der Waals surface area contributed by atoms with E-state index in [1.807, 2.05) is 49.6 Å². The molecule has 4 aromatic rings. The van der Waals surface area contributed by atoms with Gasteiger partial charge in [0.05, 0.1) is 16.8 Å². The summed E-state index contributed by atoms with van der Waals surface area (Å²) in [4.78, 5) is 35.4. The molecule has 0 saturated carbocycles. The van der Waals surface area contributed by atoms with E-state index >= 15 is 0 Å². The van der Waals surface area contributed by atoms with E-state index in [2.05, 4.69) is 46.5 Å². The molecule has 1 amide bonds. The minimum atomic E-state index is -0.135. The van der Waals surface area contributed by atoms with Gasteiger partial charge in [-0.3, -0.25) is 9.59 Å². The molecule has 7 nitrogen and oxygen atoms in total. The molecule has 0 saturated heterocycles. The van der Waals surface area contributed by atoms with Crippen LogP contribution in [0.15, 0.2) is 59.7 Å². The van der Waals surface area contributed by atoms with Crippen LogP contribution in [0.5, 0.6) is 0 Å². The van der Waals surface area contributed by atoms with Crippen molar-refractivity contribution >= 4 is 40.1 Å². The number of fused-ring (bicyclic) bond motifs is 1. The summed E-state index contributed by atoms with van der Waals surface area (Å²) in [6.07, 6.45) is 11.6. The maximum absolute atomic E-state index is 13.2. The minimum absolute atomic E-state index is 0.0702. The first-order chi connectivity index (χ1) is 20.4. The van der Waals surface area contributed by atoms with E-state index in [1.165, 1.54) is 23.3 Å². The average Bonchev–Trinajstić information content (AvgIpc) is 3.44. The lowest BCUT2D eigenvalue weighted by Crippen LogP contribution is -2.25. The number of carbonyl (C=O) groups is 1. The number of nitrogens with zero attached hydrogens (tertiary/aromatic N) is 3. The molecule has 3 aromatic heterocycles. The van der Waals surface area contributed by atoms with Gasteiger partial charge in [-0.2, -0.15) is 0 Å². The van der Waals surface area contributed by atoms with Gasteiger partial charge in [-0.25, -0.2) is 4.98 Å². The lowest BCUT2D eigenvalue weighted by Gasteiger charge is -2.24. The van der Waals surface area contributed by atoms with E-state index in [1.54, 1.807) is 23.0 Å². The van der Waals surface area contributed by atoms with Crippen molar-refractivity contribution in [3.8, 4) is 11.1 Å². The van der Waals surface area contributed by atoms with Crippen molar-refractivity contribution in [1.29, 1.82) is 0 Å². The Labute approximate surface area is 252 Å². The van der Waals surface area contributed by atoms with Crippen LogP contribution in [-0.2, 0) is 19.9 Å². The lowest BCUT2D eigenvalue weighted by molar-refractivity contribution is 0.103. The van der Waals surface area contributed by atoms with Crippen LogP contribution in [0.3, 0.4) is 0 Å². The summed E-state index contributed by atoms with van der Waals surface area (Å²) in [6, 6.07) is 13.8. The highest BCUT2D eigenvalue weighted by Gasteiger charge is 2.19. The summed E-state index contributed by atoms with van der Waals surface area (Å²) < 4.78 is 1.58. The van der Waals surface area contributed by atoms with Gasteiger partial charge in [0.1, 0.15) is 11.5 Å². The van der Waals surface area contributed by atoms with Gasteiger partial charge in [-0.15, -0.1) is 11.3 Å². The average molecular weight is 584 g/mol. The van der Waals surface area contributed by atoms with Crippen molar-refractivity contribution in [2.45, 2.75) is 65.7 Å². The number of hydrogen-bond donors (Lipinski definition) is 2. The third-order valence-electron chi connectivity index (χ3n) is 7.95. The predicted molar refractivity (Wildman–Crippen MR) is 176 cm³/mol. The highest BCUT2D eigenvalue weighted by molar-refractivity contribution is 7.14. The number of hydrogen-bond acceptors (Lipinski definition) is 6. The second kappa shape index (κ2) is 13.4. The smallest absolute Gasteiger partial charge is 0.274 e. The van der Waals surface area contributed by atoms with Gasteiger partial charge in [0.2, 0.25) is 0 Å². The molecule has 8 heteroatoms. The number of aromatic nitrogens is 2. The third-order valence-corrected chi connectivity index (χ3v) is 9.18. The number of benzene rings is 1. The Balaban J connectivity index is 1.37. The molecule has 1 aliphatic rings. The minimum Gasteiger partial charge on any atom is -0.370 e. The van der Waals surface area contributed by atoms with E-state index in [0.717, 1.165) is 78.1 Å². The third kappa shape index (κ3) is 6.59. The summed E-state index contributed by atoms with van der Waals surface area (Å²) in [5, 5.41) is 6.38. The van der Waals surface area contributed by atoms with Crippen LogP contribution < -0.4 is 21.1 Å². The van der Waals surface area contributed by atoms with Gasteiger partial charge >= 0.3 is 0 Å². The van der Waals surface area contributed by atoms with Crippen molar-refractivity contribution < 1.29 is 4.79 Å².